The first-order chi connectivity index (χ1) is 8.69. The van der Waals surface area contributed by atoms with Crippen LogP contribution in [0.5, 0.6) is 0 Å². The van der Waals surface area contributed by atoms with E-state index in [9.17, 15) is 0 Å². The van der Waals surface area contributed by atoms with Crippen molar-refractivity contribution in [1.82, 2.24) is 4.98 Å². The van der Waals surface area contributed by atoms with Gasteiger partial charge in [0.25, 0.3) is 0 Å². The number of pyridine rings is 1. The van der Waals surface area contributed by atoms with E-state index in [1.54, 1.807) is 6.07 Å². The second kappa shape index (κ2) is 5.83. The van der Waals surface area contributed by atoms with Crippen molar-refractivity contribution in [2.45, 2.75) is 19.8 Å². The molecule has 0 radical (unpaired) electrons. The van der Waals surface area contributed by atoms with Gasteiger partial charge < -0.3 is 9.64 Å². The van der Waals surface area contributed by atoms with Gasteiger partial charge in [-0.25, -0.2) is 4.98 Å². The van der Waals surface area contributed by atoms with Crippen LogP contribution < -0.4 is 4.90 Å². The summed E-state index contributed by atoms with van der Waals surface area (Å²) in [6.07, 6.45) is 2.35. The van der Waals surface area contributed by atoms with E-state index in [4.69, 9.17) is 10.00 Å². The van der Waals surface area contributed by atoms with Crippen molar-refractivity contribution in [3.05, 3.63) is 23.4 Å². The van der Waals surface area contributed by atoms with Gasteiger partial charge in [-0.3, -0.25) is 0 Å². The van der Waals surface area contributed by atoms with E-state index in [2.05, 4.69) is 16.0 Å². The van der Waals surface area contributed by atoms with Crippen LogP contribution >= 0.6 is 0 Å². The van der Waals surface area contributed by atoms with E-state index in [0.29, 0.717) is 11.5 Å². The van der Waals surface area contributed by atoms with Crippen LogP contribution in [0.25, 0.3) is 0 Å². The van der Waals surface area contributed by atoms with Crippen molar-refractivity contribution in [1.29, 1.82) is 5.26 Å². The zero-order chi connectivity index (χ0) is 13.0. The molecule has 0 amide bonds. The third-order valence-corrected chi connectivity index (χ3v) is 3.25. The topological polar surface area (TPSA) is 49.2 Å². The predicted octanol–water partition coefficient (Wildman–Crippen LogP) is 2.12. The molecule has 0 saturated carbocycles. The molecule has 1 aliphatic rings. The summed E-state index contributed by atoms with van der Waals surface area (Å²) in [6, 6.07) is 5.83. The second-order valence-electron chi connectivity index (χ2n) is 4.93. The van der Waals surface area contributed by atoms with Gasteiger partial charge in [-0.05, 0) is 37.8 Å². The largest absolute Gasteiger partial charge is 0.381 e. The molecular formula is C14H19N3O. The fourth-order valence-electron chi connectivity index (χ4n) is 2.34. The number of nitrogens with zero attached hydrogens (tertiary/aromatic N) is 3. The molecule has 0 aliphatic carbocycles. The van der Waals surface area contributed by atoms with E-state index in [-0.39, 0.29) is 0 Å². The van der Waals surface area contributed by atoms with Crippen LogP contribution in [0.15, 0.2) is 12.1 Å². The van der Waals surface area contributed by atoms with E-state index < -0.39 is 0 Å². The molecule has 1 fully saturated rings. The number of hydrogen-bond acceptors (Lipinski definition) is 4. The fourth-order valence-corrected chi connectivity index (χ4v) is 2.34. The van der Waals surface area contributed by atoms with Crippen LogP contribution in [-0.4, -0.2) is 31.8 Å². The van der Waals surface area contributed by atoms with E-state index in [1.165, 1.54) is 6.42 Å². The van der Waals surface area contributed by atoms with Crippen LogP contribution in [0, 0.1) is 24.2 Å². The van der Waals surface area contributed by atoms with Gasteiger partial charge in [0.1, 0.15) is 5.82 Å². The number of nitriles is 1. The molecule has 1 atom stereocenters. The Bertz CT molecular complexity index is 447. The molecule has 18 heavy (non-hydrogen) atoms. The molecule has 96 valence electrons. The molecule has 1 aromatic heterocycles. The summed E-state index contributed by atoms with van der Waals surface area (Å²) in [5.41, 5.74) is 1.56. The first-order valence-corrected chi connectivity index (χ1v) is 6.36. The molecule has 1 aromatic rings. The molecule has 4 nitrogen and oxygen atoms in total. The predicted molar refractivity (Wildman–Crippen MR) is 70.5 cm³/mol. The highest BCUT2D eigenvalue weighted by Crippen LogP contribution is 2.19. The lowest BCUT2D eigenvalue weighted by Gasteiger charge is -2.28. The number of rotatable bonds is 3. The van der Waals surface area contributed by atoms with Crippen LogP contribution in [0.1, 0.15) is 24.1 Å². The van der Waals surface area contributed by atoms with Crippen LogP contribution in [-0.2, 0) is 4.74 Å². The zero-order valence-electron chi connectivity index (χ0n) is 11.0. The van der Waals surface area contributed by atoms with Gasteiger partial charge in [-0.1, -0.05) is 0 Å². The van der Waals surface area contributed by atoms with Crippen LogP contribution in [0.3, 0.4) is 0 Å². The van der Waals surface area contributed by atoms with Gasteiger partial charge in [0, 0.05) is 25.9 Å². The third-order valence-electron chi connectivity index (χ3n) is 3.25. The van der Waals surface area contributed by atoms with E-state index >= 15 is 0 Å². The molecule has 4 heteroatoms. The maximum Gasteiger partial charge on any atom is 0.129 e. The SMILES string of the molecule is Cc1cc(C#N)cc(N(C)CC2CCCOC2)n1. The van der Waals surface area contributed by atoms with Gasteiger partial charge in [-0.15, -0.1) is 0 Å². The average Bonchev–Trinajstić information content (AvgIpc) is 2.39. The number of ether oxygens (including phenoxy) is 1. The Balaban J connectivity index is 2.05. The van der Waals surface area contributed by atoms with Crippen molar-refractivity contribution < 1.29 is 4.74 Å². The average molecular weight is 245 g/mol. The molecule has 2 rings (SSSR count). The molecule has 0 bridgehead atoms. The van der Waals surface area contributed by atoms with Gasteiger partial charge in [0.2, 0.25) is 0 Å². The van der Waals surface area contributed by atoms with Crippen molar-refractivity contribution in [2.75, 3.05) is 31.7 Å². The zero-order valence-corrected chi connectivity index (χ0v) is 11.0. The number of aromatic nitrogens is 1. The van der Waals surface area contributed by atoms with Crippen molar-refractivity contribution in [3.8, 4) is 6.07 Å². The van der Waals surface area contributed by atoms with Crippen LogP contribution in [0.4, 0.5) is 5.82 Å². The minimum atomic E-state index is 0.566. The highest BCUT2D eigenvalue weighted by Gasteiger charge is 2.17. The Hall–Kier alpha value is -1.60. The molecule has 0 aromatic carbocycles. The van der Waals surface area contributed by atoms with Crippen molar-refractivity contribution in [2.24, 2.45) is 5.92 Å². The first kappa shape index (κ1) is 12.8. The maximum atomic E-state index is 8.97. The Morgan fingerprint density at radius 1 is 1.56 bits per heavy atom. The van der Waals surface area contributed by atoms with Gasteiger partial charge in [0.05, 0.1) is 18.2 Å². The number of anilines is 1. The van der Waals surface area contributed by atoms with Gasteiger partial charge in [-0.2, -0.15) is 5.26 Å². The molecule has 0 N–H and O–H groups in total. The summed E-state index contributed by atoms with van der Waals surface area (Å²) >= 11 is 0. The quantitative estimate of drug-likeness (QED) is 0.818. The van der Waals surface area contributed by atoms with Crippen molar-refractivity contribution in [3.63, 3.8) is 0 Å². The van der Waals surface area contributed by atoms with Gasteiger partial charge >= 0.3 is 0 Å². The lowest BCUT2D eigenvalue weighted by Crippen LogP contribution is -2.31. The first-order valence-electron chi connectivity index (χ1n) is 6.36. The lowest BCUT2D eigenvalue weighted by molar-refractivity contribution is 0.0576. The summed E-state index contributed by atoms with van der Waals surface area (Å²) in [5.74, 6) is 1.44. The Morgan fingerprint density at radius 3 is 3.06 bits per heavy atom. The smallest absolute Gasteiger partial charge is 0.129 e. The normalized spacial score (nSPS) is 19.3. The third kappa shape index (κ3) is 3.21. The Kier molecular flexibility index (Phi) is 4.16. The highest BCUT2D eigenvalue weighted by atomic mass is 16.5. The molecule has 1 unspecified atom stereocenters. The second-order valence-corrected chi connectivity index (χ2v) is 4.93. The van der Waals surface area contributed by atoms with E-state index in [0.717, 1.165) is 37.7 Å². The Labute approximate surface area is 108 Å². The Morgan fingerprint density at radius 2 is 2.39 bits per heavy atom. The monoisotopic (exact) mass is 245 g/mol. The molecule has 1 aliphatic heterocycles. The standard InChI is InChI=1S/C14H19N3O/c1-11-6-13(8-15)7-14(16-11)17(2)9-12-4-3-5-18-10-12/h6-7,12H,3-5,9-10H2,1-2H3. The summed E-state index contributed by atoms with van der Waals surface area (Å²) in [4.78, 5) is 6.60. The lowest BCUT2D eigenvalue weighted by atomic mass is 10.0. The van der Waals surface area contributed by atoms with Gasteiger partial charge in [0.15, 0.2) is 0 Å². The minimum Gasteiger partial charge on any atom is -0.381 e. The fraction of sp³-hybridized carbons (Fsp3) is 0.571. The van der Waals surface area contributed by atoms with Crippen molar-refractivity contribution >= 4 is 5.82 Å². The summed E-state index contributed by atoms with van der Waals surface area (Å²) in [7, 11) is 2.03. The summed E-state index contributed by atoms with van der Waals surface area (Å²) < 4.78 is 5.49. The number of hydrogen-bond donors (Lipinski definition) is 0. The molecule has 0 spiro atoms. The molecular weight excluding hydrogens is 226 g/mol. The van der Waals surface area contributed by atoms with E-state index in [1.807, 2.05) is 20.0 Å². The summed E-state index contributed by atoms with van der Waals surface area (Å²) in [6.45, 7) is 4.58. The molecule has 1 saturated heterocycles. The maximum absolute atomic E-state index is 8.97. The number of aryl methyl sites for hydroxylation is 1. The minimum absolute atomic E-state index is 0.566. The summed E-state index contributed by atoms with van der Waals surface area (Å²) in [5, 5.41) is 8.97. The molecule has 2 heterocycles. The van der Waals surface area contributed by atoms with Crippen LogP contribution in [0.2, 0.25) is 0 Å². The highest BCUT2D eigenvalue weighted by molar-refractivity contribution is 5.46.